The number of amides is 1. The van der Waals surface area contributed by atoms with Crippen LogP contribution in [0.1, 0.15) is 26.5 Å². The van der Waals surface area contributed by atoms with Gasteiger partial charge < -0.3 is 0 Å². The van der Waals surface area contributed by atoms with Crippen molar-refractivity contribution in [3.63, 3.8) is 0 Å². The molecule has 2 aromatic rings. The van der Waals surface area contributed by atoms with Crippen molar-refractivity contribution in [3.8, 4) is 0 Å². The molecule has 18 heavy (non-hydrogen) atoms. The molecule has 1 heterocycles. The molecule has 2 rings (SSSR count). The Morgan fingerprint density at radius 3 is 2.94 bits per heavy atom. The first-order chi connectivity index (χ1) is 8.66. The van der Waals surface area contributed by atoms with E-state index in [0.717, 1.165) is 22.7 Å². The number of hydrogen-bond acceptors (Lipinski definition) is 5. The molecule has 0 aliphatic carbocycles. The molecular formula is C12H12N4OS. The maximum atomic E-state index is 11.7. The fraction of sp³-hybridized carbons (Fsp3) is 0.167. The lowest BCUT2D eigenvalue weighted by Gasteiger charge is -1.97. The van der Waals surface area contributed by atoms with Crippen LogP contribution in [0.2, 0.25) is 0 Å². The first-order valence-electron chi connectivity index (χ1n) is 5.36. The number of benzene rings is 1. The third-order valence-corrected chi connectivity index (χ3v) is 3.11. The lowest BCUT2D eigenvalue weighted by molar-refractivity contribution is 0.0958. The summed E-state index contributed by atoms with van der Waals surface area (Å²) in [6.07, 6.45) is 1.61. The van der Waals surface area contributed by atoms with Gasteiger partial charge in [0.25, 0.3) is 5.91 Å². The van der Waals surface area contributed by atoms with Gasteiger partial charge in [-0.2, -0.15) is 5.10 Å². The summed E-state index contributed by atoms with van der Waals surface area (Å²) in [7, 11) is 0. The average Bonchev–Trinajstić information content (AvgIpc) is 2.75. The van der Waals surface area contributed by atoms with E-state index < -0.39 is 0 Å². The van der Waals surface area contributed by atoms with Crippen molar-refractivity contribution in [1.82, 2.24) is 15.0 Å². The molecule has 1 N–H and O–H groups in total. The van der Waals surface area contributed by atoms with Crippen LogP contribution in [0.3, 0.4) is 0 Å². The predicted molar refractivity (Wildman–Crippen MR) is 70.9 cm³/mol. The van der Waals surface area contributed by atoms with Gasteiger partial charge in [-0.25, -0.2) is 5.43 Å². The molecule has 6 heteroatoms. The summed E-state index contributed by atoms with van der Waals surface area (Å²) in [5.74, 6) is -0.286. The highest BCUT2D eigenvalue weighted by Gasteiger charge is 2.11. The van der Waals surface area contributed by atoms with Crippen molar-refractivity contribution in [2.75, 3.05) is 0 Å². The molecule has 0 radical (unpaired) electrons. The van der Waals surface area contributed by atoms with Gasteiger partial charge in [0.15, 0.2) is 0 Å². The number of nitrogens with one attached hydrogen (secondary N) is 1. The monoisotopic (exact) mass is 260 g/mol. The number of carbonyl (C=O) groups excluding carboxylic acids is 1. The highest BCUT2D eigenvalue weighted by molar-refractivity contribution is 7.07. The maximum Gasteiger partial charge on any atom is 0.285 e. The molecular weight excluding hydrogens is 248 g/mol. The number of aromatic nitrogens is 2. The fourth-order valence-corrected chi connectivity index (χ4v) is 1.95. The van der Waals surface area contributed by atoms with Crippen LogP contribution in [-0.4, -0.2) is 21.7 Å². The van der Waals surface area contributed by atoms with Crippen LogP contribution in [0.25, 0.3) is 0 Å². The van der Waals surface area contributed by atoms with Crippen molar-refractivity contribution in [3.05, 3.63) is 46.0 Å². The van der Waals surface area contributed by atoms with E-state index in [2.05, 4.69) is 20.1 Å². The zero-order valence-corrected chi connectivity index (χ0v) is 10.9. The van der Waals surface area contributed by atoms with Crippen LogP contribution >= 0.6 is 11.5 Å². The molecule has 0 aliphatic rings. The molecule has 0 unspecified atom stereocenters. The second-order valence-electron chi connectivity index (χ2n) is 3.80. The second-order valence-corrected chi connectivity index (χ2v) is 4.55. The van der Waals surface area contributed by atoms with Crippen LogP contribution in [0.15, 0.2) is 29.4 Å². The van der Waals surface area contributed by atoms with Gasteiger partial charge in [0.2, 0.25) is 0 Å². The lowest BCUT2D eigenvalue weighted by atomic mass is 10.2. The van der Waals surface area contributed by atoms with Crippen molar-refractivity contribution in [2.24, 2.45) is 5.10 Å². The normalized spacial score (nSPS) is 10.8. The van der Waals surface area contributed by atoms with E-state index in [1.807, 2.05) is 31.2 Å². The van der Waals surface area contributed by atoms with Crippen LogP contribution in [0.4, 0.5) is 0 Å². The summed E-state index contributed by atoms with van der Waals surface area (Å²) >= 11 is 1.06. The Hall–Kier alpha value is -2.08. The summed E-state index contributed by atoms with van der Waals surface area (Å²) in [5.41, 5.74) is 5.15. The van der Waals surface area contributed by atoms with Crippen LogP contribution in [-0.2, 0) is 0 Å². The third kappa shape index (κ3) is 2.98. The van der Waals surface area contributed by atoms with Gasteiger partial charge in [0.05, 0.1) is 11.9 Å². The van der Waals surface area contributed by atoms with E-state index in [-0.39, 0.29) is 5.91 Å². The van der Waals surface area contributed by atoms with Crippen LogP contribution in [0.5, 0.6) is 0 Å². The molecule has 0 atom stereocenters. The molecule has 0 aliphatic heterocycles. The average molecular weight is 260 g/mol. The number of aryl methyl sites for hydroxylation is 2. The summed E-state index contributed by atoms with van der Waals surface area (Å²) in [6, 6.07) is 7.84. The molecule has 1 amide bonds. The SMILES string of the molecule is Cc1cccc(/C=N/NC(=O)c2snnc2C)c1. The zero-order chi connectivity index (χ0) is 13.0. The maximum absolute atomic E-state index is 11.7. The van der Waals surface area contributed by atoms with E-state index in [0.29, 0.717) is 10.6 Å². The topological polar surface area (TPSA) is 67.2 Å². The smallest absolute Gasteiger partial charge is 0.266 e. The van der Waals surface area contributed by atoms with Gasteiger partial charge in [-0.15, -0.1) is 5.10 Å². The highest BCUT2D eigenvalue weighted by Crippen LogP contribution is 2.08. The molecule has 0 saturated carbocycles. The zero-order valence-electron chi connectivity index (χ0n) is 10.0. The number of rotatable bonds is 3. The Kier molecular flexibility index (Phi) is 3.78. The lowest BCUT2D eigenvalue weighted by Crippen LogP contribution is -2.17. The van der Waals surface area contributed by atoms with Crippen molar-refractivity contribution >= 4 is 23.7 Å². The number of nitrogens with zero attached hydrogens (tertiary/aromatic N) is 3. The van der Waals surface area contributed by atoms with E-state index >= 15 is 0 Å². The molecule has 0 spiro atoms. The van der Waals surface area contributed by atoms with Crippen molar-refractivity contribution < 1.29 is 4.79 Å². The minimum absolute atomic E-state index is 0.286. The minimum Gasteiger partial charge on any atom is -0.266 e. The Labute approximate surface area is 109 Å². The van der Waals surface area contributed by atoms with E-state index in [4.69, 9.17) is 0 Å². The van der Waals surface area contributed by atoms with Gasteiger partial charge in [-0.3, -0.25) is 4.79 Å². The van der Waals surface area contributed by atoms with Crippen LogP contribution in [0, 0.1) is 13.8 Å². The summed E-state index contributed by atoms with van der Waals surface area (Å²) < 4.78 is 3.70. The Morgan fingerprint density at radius 2 is 2.28 bits per heavy atom. The van der Waals surface area contributed by atoms with E-state index in [1.165, 1.54) is 0 Å². The third-order valence-electron chi connectivity index (χ3n) is 2.28. The predicted octanol–water partition coefficient (Wildman–Crippen LogP) is 1.92. The van der Waals surface area contributed by atoms with E-state index in [1.54, 1.807) is 13.1 Å². The van der Waals surface area contributed by atoms with Gasteiger partial charge in [0, 0.05) is 0 Å². The first-order valence-corrected chi connectivity index (χ1v) is 6.13. The molecule has 0 fully saturated rings. The number of carbonyl (C=O) groups is 1. The molecule has 5 nitrogen and oxygen atoms in total. The summed E-state index contributed by atoms with van der Waals surface area (Å²) in [5, 5.41) is 7.68. The molecule has 0 saturated heterocycles. The van der Waals surface area contributed by atoms with Crippen molar-refractivity contribution in [2.45, 2.75) is 13.8 Å². The Bertz CT molecular complexity index is 591. The van der Waals surface area contributed by atoms with Gasteiger partial charge >= 0.3 is 0 Å². The van der Waals surface area contributed by atoms with Gasteiger partial charge in [0.1, 0.15) is 4.88 Å². The van der Waals surface area contributed by atoms with Crippen LogP contribution < -0.4 is 5.43 Å². The van der Waals surface area contributed by atoms with Crippen molar-refractivity contribution in [1.29, 1.82) is 0 Å². The largest absolute Gasteiger partial charge is 0.285 e. The molecule has 92 valence electrons. The quantitative estimate of drug-likeness (QED) is 0.677. The van der Waals surface area contributed by atoms with E-state index in [9.17, 15) is 4.79 Å². The van der Waals surface area contributed by atoms with Gasteiger partial charge in [-0.1, -0.05) is 34.3 Å². The Morgan fingerprint density at radius 1 is 1.44 bits per heavy atom. The molecule has 1 aromatic heterocycles. The summed E-state index contributed by atoms with van der Waals surface area (Å²) in [6.45, 7) is 3.74. The second kappa shape index (κ2) is 5.50. The number of hydrogen-bond donors (Lipinski definition) is 1. The highest BCUT2D eigenvalue weighted by atomic mass is 32.1. The molecule has 0 bridgehead atoms. The fourth-order valence-electron chi connectivity index (χ4n) is 1.41. The standard InChI is InChI=1S/C12H12N4OS/c1-8-4-3-5-10(6-8)7-13-15-12(17)11-9(2)14-16-18-11/h3-7H,1-2H3,(H,15,17)/b13-7+. The molecule has 1 aromatic carbocycles. The summed E-state index contributed by atoms with van der Waals surface area (Å²) in [4.78, 5) is 12.2. The van der Waals surface area contributed by atoms with Gasteiger partial charge in [-0.05, 0) is 30.9 Å². The number of hydrazone groups is 1. The first kappa shape index (κ1) is 12.4. The minimum atomic E-state index is -0.286. The Balaban J connectivity index is 2.00.